The maximum atomic E-state index is 13.2. The van der Waals surface area contributed by atoms with Crippen molar-refractivity contribution >= 4 is 17.2 Å². The topological polar surface area (TPSA) is 86.2 Å². The highest BCUT2D eigenvalue weighted by Gasteiger charge is 2.23. The molecule has 172 valence electrons. The first-order valence-corrected chi connectivity index (χ1v) is 12.3. The molecule has 1 amide bonds. The van der Waals surface area contributed by atoms with Gasteiger partial charge in [-0.1, -0.05) is 6.42 Å². The second kappa shape index (κ2) is 9.57. The summed E-state index contributed by atoms with van der Waals surface area (Å²) in [6, 6.07) is 9.18. The van der Waals surface area contributed by atoms with Crippen molar-refractivity contribution in [2.75, 3.05) is 13.2 Å². The standard InChI is InChI=1S/C25H28N4O3S/c1-15-6-7-22(29-28-15)16(2)27-24(30)18-10-19(12-21(11-18)32-20-8-9-31-14-20)25-26-13-23(33-25)17-4-3-5-17/h6-7,10-13,16-17,20H,3-5,8-9,14H2,1-2H3,(H,27,30)/t16?,20-/m0/s1. The molecule has 0 spiro atoms. The lowest BCUT2D eigenvalue weighted by molar-refractivity contribution is 0.0938. The Kier molecular flexibility index (Phi) is 6.37. The third-order valence-electron chi connectivity index (χ3n) is 6.25. The van der Waals surface area contributed by atoms with Gasteiger partial charge in [0.2, 0.25) is 0 Å². The van der Waals surface area contributed by atoms with Crippen molar-refractivity contribution in [3.63, 3.8) is 0 Å². The molecule has 0 radical (unpaired) electrons. The molecule has 2 atom stereocenters. The monoisotopic (exact) mass is 464 g/mol. The first-order chi connectivity index (χ1) is 16.0. The molecular formula is C25H28N4O3S. The average molecular weight is 465 g/mol. The smallest absolute Gasteiger partial charge is 0.251 e. The molecule has 8 heteroatoms. The van der Waals surface area contributed by atoms with Crippen molar-refractivity contribution in [2.45, 2.75) is 57.6 Å². The predicted molar refractivity (Wildman–Crippen MR) is 127 cm³/mol. The third kappa shape index (κ3) is 5.07. The summed E-state index contributed by atoms with van der Waals surface area (Å²) in [5.41, 5.74) is 2.99. The number of hydrogen-bond acceptors (Lipinski definition) is 7. The fraction of sp³-hybridized carbons (Fsp3) is 0.440. The number of nitrogens with one attached hydrogen (secondary N) is 1. The summed E-state index contributed by atoms with van der Waals surface area (Å²) in [4.78, 5) is 19.2. The Morgan fingerprint density at radius 3 is 2.79 bits per heavy atom. The van der Waals surface area contributed by atoms with Crippen molar-refractivity contribution in [2.24, 2.45) is 0 Å². The third-order valence-corrected chi connectivity index (χ3v) is 7.46. The van der Waals surface area contributed by atoms with Crippen LogP contribution in [-0.4, -0.2) is 40.4 Å². The van der Waals surface area contributed by atoms with E-state index >= 15 is 0 Å². The molecule has 1 N–H and O–H groups in total. The zero-order chi connectivity index (χ0) is 22.8. The number of ether oxygens (including phenoxy) is 2. The molecule has 1 saturated heterocycles. The summed E-state index contributed by atoms with van der Waals surface area (Å²) >= 11 is 1.71. The second-order valence-corrected chi connectivity index (χ2v) is 9.90. The first-order valence-electron chi connectivity index (χ1n) is 11.5. The van der Waals surface area contributed by atoms with Crippen LogP contribution < -0.4 is 10.1 Å². The number of carbonyl (C=O) groups excluding carboxylic acids is 1. The summed E-state index contributed by atoms with van der Waals surface area (Å²) in [6.07, 6.45) is 6.59. The lowest BCUT2D eigenvalue weighted by Crippen LogP contribution is -2.27. The van der Waals surface area contributed by atoms with Crippen LogP contribution >= 0.6 is 11.3 Å². The van der Waals surface area contributed by atoms with E-state index in [9.17, 15) is 4.79 Å². The minimum atomic E-state index is -0.271. The molecule has 33 heavy (non-hydrogen) atoms. The van der Waals surface area contributed by atoms with Crippen LogP contribution in [0.15, 0.2) is 36.5 Å². The Morgan fingerprint density at radius 2 is 2.09 bits per heavy atom. The number of nitrogens with zero attached hydrogens (tertiary/aromatic N) is 3. The van der Waals surface area contributed by atoms with E-state index in [1.54, 1.807) is 17.4 Å². The molecule has 2 aliphatic rings. The zero-order valence-electron chi connectivity index (χ0n) is 18.9. The zero-order valence-corrected chi connectivity index (χ0v) is 19.7. The molecule has 0 bridgehead atoms. The van der Waals surface area contributed by atoms with E-state index in [1.807, 2.05) is 44.3 Å². The molecule has 5 rings (SSSR count). The molecule has 7 nitrogen and oxygen atoms in total. The van der Waals surface area contributed by atoms with Gasteiger partial charge in [0.25, 0.3) is 5.91 Å². The number of benzene rings is 1. The highest BCUT2D eigenvalue weighted by molar-refractivity contribution is 7.15. The largest absolute Gasteiger partial charge is 0.488 e. The van der Waals surface area contributed by atoms with Gasteiger partial charge in [-0.3, -0.25) is 4.79 Å². The number of carbonyl (C=O) groups is 1. The summed E-state index contributed by atoms with van der Waals surface area (Å²) in [7, 11) is 0. The summed E-state index contributed by atoms with van der Waals surface area (Å²) in [5, 5.41) is 12.2. The van der Waals surface area contributed by atoms with E-state index < -0.39 is 0 Å². The quantitative estimate of drug-likeness (QED) is 0.539. The van der Waals surface area contributed by atoms with E-state index in [1.165, 1.54) is 24.1 Å². The molecule has 3 heterocycles. The van der Waals surface area contributed by atoms with Crippen LogP contribution in [0.4, 0.5) is 0 Å². The highest BCUT2D eigenvalue weighted by atomic mass is 32.1. The van der Waals surface area contributed by atoms with Gasteiger partial charge in [-0.05, 0) is 62.9 Å². The second-order valence-electron chi connectivity index (χ2n) is 8.84. The van der Waals surface area contributed by atoms with Crippen LogP contribution in [0.1, 0.15) is 71.2 Å². The molecule has 2 aromatic heterocycles. The van der Waals surface area contributed by atoms with Gasteiger partial charge in [-0.2, -0.15) is 10.2 Å². The summed E-state index contributed by atoms with van der Waals surface area (Å²) in [5.74, 6) is 1.11. The van der Waals surface area contributed by atoms with Crippen molar-refractivity contribution in [3.8, 4) is 16.3 Å². The van der Waals surface area contributed by atoms with E-state index in [-0.39, 0.29) is 18.1 Å². The molecule has 1 aromatic carbocycles. The van der Waals surface area contributed by atoms with Crippen LogP contribution in [-0.2, 0) is 4.74 Å². The van der Waals surface area contributed by atoms with Gasteiger partial charge >= 0.3 is 0 Å². The van der Waals surface area contributed by atoms with Gasteiger partial charge in [0, 0.05) is 28.6 Å². The number of hydrogen-bond donors (Lipinski definition) is 1. The minimum Gasteiger partial charge on any atom is -0.488 e. The van der Waals surface area contributed by atoms with E-state index in [2.05, 4.69) is 20.5 Å². The Labute approximate surface area is 197 Å². The van der Waals surface area contributed by atoms with Crippen LogP contribution in [0.3, 0.4) is 0 Å². The van der Waals surface area contributed by atoms with E-state index in [0.29, 0.717) is 30.4 Å². The first kappa shape index (κ1) is 22.0. The Balaban J connectivity index is 1.40. The van der Waals surface area contributed by atoms with Gasteiger partial charge in [0.05, 0.1) is 30.6 Å². The fourth-order valence-corrected chi connectivity index (χ4v) is 5.09. The summed E-state index contributed by atoms with van der Waals surface area (Å²) < 4.78 is 11.6. The molecule has 3 aromatic rings. The Morgan fingerprint density at radius 1 is 1.21 bits per heavy atom. The van der Waals surface area contributed by atoms with Gasteiger partial charge in [-0.25, -0.2) is 4.98 Å². The normalized spacial score (nSPS) is 19.2. The Hall–Kier alpha value is -2.84. The number of aromatic nitrogens is 3. The number of thiazole rings is 1. The lowest BCUT2D eigenvalue weighted by Gasteiger charge is -2.23. The van der Waals surface area contributed by atoms with Crippen LogP contribution in [0.5, 0.6) is 5.75 Å². The predicted octanol–water partition coefficient (Wildman–Crippen LogP) is 4.83. The SMILES string of the molecule is Cc1ccc(C(C)NC(=O)c2cc(O[C@H]3CCOC3)cc(-c3ncc(C4CCC4)s3)c2)nn1. The highest BCUT2D eigenvalue weighted by Crippen LogP contribution is 2.41. The lowest BCUT2D eigenvalue weighted by atomic mass is 9.85. The van der Waals surface area contributed by atoms with Crippen molar-refractivity contribution in [1.29, 1.82) is 0 Å². The maximum Gasteiger partial charge on any atom is 0.251 e. The number of rotatable bonds is 7. The molecule has 2 fully saturated rings. The van der Waals surface area contributed by atoms with Gasteiger partial charge in [0.1, 0.15) is 16.9 Å². The van der Waals surface area contributed by atoms with Gasteiger partial charge < -0.3 is 14.8 Å². The summed E-state index contributed by atoms with van der Waals surface area (Å²) in [6.45, 7) is 5.06. The van der Waals surface area contributed by atoms with Crippen LogP contribution in [0.2, 0.25) is 0 Å². The van der Waals surface area contributed by atoms with Crippen molar-refractivity contribution in [1.82, 2.24) is 20.5 Å². The van der Waals surface area contributed by atoms with E-state index in [0.717, 1.165) is 28.4 Å². The molecule has 1 aliphatic heterocycles. The Bertz CT molecular complexity index is 1120. The maximum absolute atomic E-state index is 13.2. The fourth-order valence-electron chi connectivity index (χ4n) is 4.02. The number of aryl methyl sites for hydroxylation is 1. The van der Waals surface area contributed by atoms with Crippen molar-refractivity contribution in [3.05, 3.63) is 58.4 Å². The molecular weight excluding hydrogens is 436 g/mol. The van der Waals surface area contributed by atoms with E-state index in [4.69, 9.17) is 9.47 Å². The van der Waals surface area contributed by atoms with Crippen LogP contribution in [0, 0.1) is 6.92 Å². The minimum absolute atomic E-state index is 0.000232. The average Bonchev–Trinajstić information content (AvgIpc) is 3.45. The van der Waals surface area contributed by atoms with Crippen LogP contribution in [0.25, 0.3) is 10.6 Å². The number of amides is 1. The molecule has 1 aliphatic carbocycles. The molecule has 1 unspecified atom stereocenters. The van der Waals surface area contributed by atoms with Gasteiger partial charge in [-0.15, -0.1) is 11.3 Å². The molecule has 1 saturated carbocycles. The van der Waals surface area contributed by atoms with Gasteiger partial charge in [0.15, 0.2) is 0 Å². The van der Waals surface area contributed by atoms with Crippen molar-refractivity contribution < 1.29 is 14.3 Å².